The molecular weight excluding hydrogens is 376 g/mol. The number of hydrogen-bond donors (Lipinski definition) is 1. The summed E-state index contributed by atoms with van der Waals surface area (Å²) in [4.78, 5) is 12.1. The average Bonchev–Trinajstić information content (AvgIpc) is 2.59. The molecule has 0 saturated heterocycles. The van der Waals surface area contributed by atoms with E-state index in [1.54, 1.807) is 31.4 Å². The van der Waals surface area contributed by atoms with Crippen molar-refractivity contribution < 1.29 is 17.9 Å². The van der Waals surface area contributed by atoms with E-state index in [9.17, 15) is 13.2 Å². The summed E-state index contributed by atoms with van der Waals surface area (Å²) >= 11 is 5.93. The highest BCUT2D eigenvalue weighted by Crippen LogP contribution is 2.22. The summed E-state index contributed by atoms with van der Waals surface area (Å²) in [5, 5.41) is 3.21. The lowest BCUT2D eigenvalue weighted by Gasteiger charge is -2.22. The fourth-order valence-corrected chi connectivity index (χ4v) is 3.46. The third-order valence-electron chi connectivity index (χ3n) is 3.69. The first-order valence-corrected chi connectivity index (χ1v) is 10.1. The maximum absolute atomic E-state index is 12.1. The summed E-state index contributed by atoms with van der Waals surface area (Å²) in [5.74, 6) is 0.502. The Balaban J connectivity index is 1.94. The second kappa shape index (κ2) is 8.91. The van der Waals surface area contributed by atoms with Gasteiger partial charge in [-0.3, -0.25) is 9.10 Å². The summed E-state index contributed by atoms with van der Waals surface area (Å²) in [5.41, 5.74) is 1.36. The van der Waals surface area contributed by atoms with Gasteiger partial charge in [-0.15, -0.1) is 0 Å². The zero-order chi connectivity index (χ0) is 19.2. The normalized spacial score (nSPS) is 11.0. The molecule has 0 atom stereocenters. The van der Waals surface area contributed by atoms with Crippen LogP contribution in [0, 0.1) is 0 Å². The Bertz CT molecular complexity index is 854. The number of carbonyl (C=O) groups excluding carboxylic acids is 1. The maximum atomic E-state index is 12.1. The average molecular weight is 397 g/mol. The topological polar surface area (TPSA) is 75.7 Å². The van der Waals surface area contributed by atoms with Gasteiger partial charge in [0.25, 0.3) is 0 Å². The zero-order valence-electron chi connectivity index (χ0n) is 14.6. The van der Waals surface area contributed by atoms with Gasteiger partial charge in [0.1, 0.15) is 5.75 Å². The van der Waals surface area contributed by atoms with Crippen molar-refractivity contribution >= 4 is 33.2 Å². The Labute approximate surface area is 158 Å². The molecule has 1 N–H and O–H groups in total. The van der Waals surface area contributed by atoms with Gasteiger partial charge < -0.3 is 10.1 Å². The van der Waals surface area contributed by atoms with Gasteiger partial charge in [-0.2, -0.15) is 0 Å². The van der Waals surface area contributed by atoms with Crippen LogP contribution in [-0.2, 0) is 21.4 Å². The van der Waals surface area contributed by atoms with Crippen molar-refractivity contribution in [2.24, 2.45) is 0 Å². The van der Waals surface area contributed by atoms with E-state index >= 15 is 0 Å². The van der Waals surface area contributed by atoms with Gasteiger partial charge in [-0.1, -0.05) is 29.8 Å². The van der Waals surface area contributed by atoms with Crippen molar-refractivity contribution in [2.75, 3.05) is 24.2 Å². The van der Waals surface area contributed by atoms with Crippen LogP contribution >= 0.6 is 11.6 Å². The van der Waals surface area contributed by atoms with Crippen molar-refractivity contribution in [3.05, 3.63) is 59.1 Å². The highest BCUT2D eigenvalue weighted by molar-refractivity contribution is 7.92. The number of methoxy groups -OCH3 is 1. The van der Waals surface area contributed by atoms with Crippen LogP contribution in [0.3, 0.4) is 0 Å². The predicted molar refractivity (Wildman–Crippen MR) is 103 cm³/mol. The van der Waals surface area contributed by atoms with E-state index < -0.39 is 10.0 Å². The van der Waals surface area contributed by atoms with Crippen LogP contribution in [0.1, 0.15) is 12.0 Å². The van der Waals surface area contributed by atoms with E-state index in [1.807, 2.05) is 24.3 Å². The van der Waals surface area contributed by atoms with Crippen LogP contribution in [0.2, 0.25) is 5.02 Å². The minimum Gasteiger partial charge on any atom is -0.497 e. The second-order valence-electron chi connectivity index (χ2n) is 5.69. The quantitative estimate of drug-likeness (QED) is 0.744. The number of carbonyl (C=O) groups is 1. The van der Waals surface area contributed by atoms with Crippen molar-refractivity contribution in [2.45, 2.75) is 13.0 Å². The molecule has 0 aliphatic carbocycles. The lowest BCUT2D eigenvalue weighted by Crippen LogP contribution is -2.34. The number of ether oxygens (including phenoxy) is 1. The number of halogens is 1. The van der Waals surface area contributed by atoms with Crippen LogP contribution in [-0.4, -0.2) is 34.2 Å². The lowest BCUT2D eigenvalue weighted by atomic mass is 10.2. The number of anilines is 1. The smallest absolute Gasteiger partial charge is 0.232 e. The van der Waals surface area contributed by atoms with E-state index in [2.05, 4.69) is 5.32 Å². The van der Waals surface area contributed by atoms with E-state index in [1.165, 1.54) is 4.31 Å². The van der Waals surface area contributed by atoms with Crippen LogP contribution in [0.25, 0.3) is 0 Å². The second-order valence-corrected chi connectivity index (χ2v) is 8.03. The SMILES string of the molecule is COc1ccc(CNC(=O)CCN(c2cccc(Cl)c2)S(C)(=O)=O)cc1. The van der Waals surface area contributed by atoms with Crippen LogP contribution < -0.4 is 14.4 Å². The molecule has 2 aromatic carbocycles. The fourth-order valence-electron chi connectivity index (χ4n) is 2.35. The van der Waals surface area contributed by atoms with Crippen LogP contribution in [0.5, 0.6) is 5.75 Å². The first kappa shape index (κ1) is 20.1. The van der Waals surface area contributed by atoms with Crippen LogP contribution in [0.15, 0.2) is 48.5 Å². The molecule has 0 fully saturated rings. The number of benzene rings is 2. The van der Waals surface area contributed by atoms with E-state index in [4.69, 9.17) is 16.3 Å². The van der Waals surface area contributed by atoms with Gasteiger partial charge >= 0.3 is 0 Å². The molecule has 0 saturated carbocycles. The molecule has 1 amide bonds. The van der Waals surface area contributed by atoms with E-state index in [0.29, 0.717) is 17.3 Å². The highest BCUT2D eigenvalue weighted by Gasteiger charge is 2.18. The molecule has 0 aliphatic heterocycles. The predicted octanol–water partition coefficient (Wildman–Crippen LogP) is 2.82. The highest BCUT2D eigenvalue weighted by atomic mass is 35.5. The van der Waals surface area contributed by atoms with E-state index in [0.717, 1.165) is 17.6 Å². The Morgan fingerprint density at radius 1 is 1.19 bits per heavy atom. The molecule has 26 heavy (non-hydrogen) atoms. The molecule has 0 aromatic heterocycles. The number of amides is 1. The molecule has 0 bridgehead atoms. The summed E-state index contributed by atoms with van der Waals surface area (Å²) in [6, 6.07) is 13.9. The monoisotopic (exact) mass is 396 g/mol. The number of hydrogen-bond acceptors (Lipinski definition) is 4. The Morgan fingerprint density at radius 3 is 2.46 bits per heavy atom. The van der Waals surface area contributed by atoms with Gasteiger partial charge in [-0.05, 0) is 35.9 Å². The molecule has 0 unspecified atom stereocenters. The molecule has 0 heterocycles. The van der Waals surface area contributed by atoms with Gasteiger partial charge in [0.05, 0.1) is 19.1 Å². The largest absolute Gasteiger partial charge is 0.497 e. The summed E-state index contributed by atoms with van der Waals surface area (Å²) in [6.07, 6.45) is 1.14. The minimum atomic E-state index is -3.52. The molecule has 6 nitrogen and oxygen atoms in total. The number of sulfonamides is 1. The zero-order valence-corrected chi connectivity index (χ0v) is 16.2. The maximum Gasteiger partial charge on any atom is 0.232 e. The molecule has 8 heteroatoms. The van der Waals surface area contributed by atoms with Gasteiger partial charge in [0.2, 0.25) is 15.9 Å². The van der Waals surface area contributed by atoms with Crippen molar-refractivity contribution in [3.8, 4) is 5.75 Å². The molecule has 0 spiro atoms. The summed E-state index contributed by atoms with van der Waals surface area (Å²) < 4.78 is 30.3. The molecule has 0 aliphatic rings. The Morgan fingerprint density at radius 2 is 1.88 bits per heavy atom. The van der Waals surface area contributed by atoms with Gasteiger partial charge in [0.15, 0.2) is 0 Å². The number of nitrogens with one attached hydrogen (secondary N) is 1. The fraction of sp³-hybridized carbons (Fsp3) is 0.278. The lowest BCUT2D eigenvalue weighted by molar-refractivity contribution is -0.121. The van der Waals surface area contributed by atoms with Gasteiger partial charge in [0, 0.05) is 24.5 Å². The first-order valence-electron chi connectivity index (χ1n) is 7.92. The molecule has 140 valence electrons. The first-order chi connectivity index (χ1) is 12.3. The standard InChI is InChI=1S/C18H21ClN2O4S/c1-25-17-8-6-14(7-9-17)13-20-18(22)10-11-21(26(2,23)24)16-5-3-4-15(19)12-16/h3-9,12H,10-11,13H2,1-2H3,(H,20,22). The summed E-state index contributed by atoms with van der Waals surface area (Å²) in [7, 11) is -1.94. The van der Waals surface area contributed by atoms with Crippen molar-refractivity contribution in [1.29, 1.82) is 0 Å². The number of rotatable bonds is 8. The van der Waals surface area contributed by atoms with Crippen LogP contribution in [0.4, 0.5) is 5.69 Å². The Hall–Kier alpha value is -2.25. The molecule has 2 aromatic rings. The third-order valence-corrected chi connectivity index (χ3v) is 5.12. The molecular formula is C18H21ClN2O4S. The third kappa shape index (κ3) is 5.93. The van der Waals surface area contributed by atoms with Crippen molar-refractivity contribution in [1.82, 2.24) is 5.32 Å². The molecule has 2 rings (SSSR count). The van der Waals surface area contributed by atoms with Crippen molar-refractivity contribution in [3.63, 3.8) is 0 Å². The van der Waals surface area contributed by atoms with Gasteiger partial charge in [-0.25, -0.2) is 8.42 Å². The molecule has 0 radical (unpaired) electrons. The van der Waals surface area contributed by atoms with E-state index in [-0.39, 0.29) is 18.9 Å². The summed E-state index contributed by atoms with van der Waals surface area (Å²) in [6.45, 7) is 0.395. The Kier molecular flexibility index (Phi) is 6.88. The number of nitrogens with zero attached hydrogens (tertiary/aromatic N) is 1. The minimum absolute atomic E-state index is 0.0353.